The Balaban J connectivity index is 1.39. The van der Waals surface area contributed by atoms with Crippen molar-refractivity contribution in [1.82, 2.24) is 14.9 Å². The minimum atomic E-state index is -4.19. The average Bonchev–Trinajstić information content (AvgIpc) is 3.46. The van der Waals surface area contributed by atoms with Crippen LogP contribution in [0.1, 0.15) is 56.6 Å². The number of amides is 1. The molecule has 3 heterocycles. The zero-order valence-corrected chi connectivity index (χ0v) is 28.6. The second-order valence-corrected chi connectivity index (χ2v) is 14.8. The summed E-state index contributed by atoms with van der Waals surface area (Å²) in [5.74, 6) is -1.92. The van der Waals surface area contributed by atoms with Crippen LogP contribution in [0.5, 0.6) is 0 Å². The molecule has 12 nitrogen and oxygen atoms in total. The van der Waals surface area contributed by atoms with Crippen LogP contribution in [0, 0.1) is 17.6 Å². The molecule has 6 atom stereocenters. The molecule has 0 aromatic heterocycles. The number of nitrogens with two attached hydrogens (primary N) is 1. The number of aliphatic hydroxyl groups is 1. The fourth-order valence-corrected chi connectivity index (χ4v) is 8.52. The lowest BCUT2D eigenvalue weighted by Crippen LogP contribution is -2.53. The molecule has 0 bridgehead atoms. The van der Waals surface area contributed by atoms with Crippen molar-refractivity contribution in [3.8, 4) is 0 Å². The number of hydrogen-bond acceptors (Lipinski definition) is 10. The molecule has 2 aromatic rings. The molecule has 0 saturated carbocycles. The van der Waals surface area contributed by atoms with E-state index in [4.69, 9.17) is 24.7 Å². The molecular formula is C34H48F2N4O8S. The van der Waals surface area contributed by atoms with Crippen LogP contribution in [0.4, 0.5) is 19.3 Å². The standard InChI is InChI=1S/C34H48F2N4O8S/c1-2-38-28-21-47-33-32(28)30(10-13-46-33)48-34(42)39-27(16-22-14-24(35)18-25(36)15-22)29(41)19-40-11-6-4-3-5-7-12-45-20-23-17-26(37)8-9-31(23)49(40,43)44/h8-9,14-15,17-18,27-30,32-33,38,41H,2-7,10-13,16,19-21,37H2,1H3,(H,39,42)/t27-,28-,29+,30-,32-,33-/m0/s1. The second-order valence-electron chi connectivity index (χ2n) is 12.9. The number of aliphatic hydroxyl groups excluding tert-OH is 1. The highest BCUT2D eigenvalue weighted by Gasteiger charge is 2.47. The third-order valence-corrected chi connectivity index (χ3v) is 11.2. The lowest BCUT2D eigenvalue weighted by molar-refractivity contribution is -0.180. The van der Waals surface area contributed by atoms with Crippen molar-refractivity contribution in [3.63, 3.8) is 0 Å². The van der Waals surface area contributed by atoms with Gasteiger partial charge in [-0.05, 0) is 67.3 Å². The largest absolute Gasteiger partial charge is 0.446 e. The number of benzene rings is 2. The van der Waals surface area contributed by atoms with E-state index in [0.29, 0.717) is 50.5 Å². The highest BCUT2D eigenvalue weighted by Crippen LogP contribution is 2.33. The van der Waals surface area contributed by atoms with E-state index < -0.39 is 58.8 Å². The third kappa shape index (κ3) is 9.87. The zero-order valence-electron chi connectivity index (χ0n) is 27.8. The number of fused-ring (bicyclic) bond motifs is 2. The van der Waals surface area contributed by atoms with E-state index in [2.05, 4.69) is 10.6 Å². The maximum atomic E-state index is 14.2. The molecule has 0 aliphatic carbocycles. The van der Waals surface area contributed by atoms with Crippen LogP contribution in [0.3, 0.4) is 0 Å². The number of nitrogen functional groups attached to an aromatic ring is 1. The predicted molar refractivity (Wildman–Crippen MR) is 177 cm³/mol. The summed E-state index contributed by atoms with van der Waals surface area (Å²) in [7, 11) is -4.19. The van der Waals surface area contributed by atoms with Gasteiger partial charge in [0, 0.05) is 43.9 Å². The van der Waals surface area contributed by atoms with Gasteiger partial charge in [-0.2, -0.15) is 4.31 Å². The molecular weight excluding hydrogens is 662 g/mol. The van der Waals surface area contributed by atoms with Gasteiger partial charge < -0.3 is 40.4 Å². The first-order chi connectivity index (χ1) is 23.5. The summed E-state index contributed by atoms with van der Waals surface area (Å²) in [6, 6.07) is 6.15. The first kappa shape index (κ1) is 37.3. The summed E-state index contributed by atoms with van der Waals surface area (Å²) in [6.45, 7) is 3.58. The van der Waals surface area contributed by atoms with Gasteiger partial charge in [0.1, 0.15) is 17.7 Å². The van der Waals surface area contributed by atoms with Gasteiger partial charge in [-0.15, -0.1) is 0 Å². The molecule has 0 spiro atoms. The van der Waals surface area contributed by atoms with Gasteiger partial charge in [0.25, 0.3) is 0 Å². The lowest BCUT2D eigenvalue weighted by Gasteiger charge is -2.35. The van der Waals surface area contributed by atoms with Crippen LogP contribution in [0.25, 0.3) is 0 Å². The Morgan fingerprint density at radius 1 is 1.08 bits per heavy atom. The molecule has 0 radical (unpaired) electrons. The Hall–Kier alpha value is -2.92. The third-order valence-electron chi connectivity index (χ3n) is 9.25. The van der Waals surface area contributed by atoms with Crippen LogP contribution in [0.15, 0.2) is 41.3 Å². The molecule has 2 aromatic carbocycles. The van der Waals surface area contributed by atoms with Gasteiger partial charge in [0.15, 0.2) is 6.29 Å². The van der Waals surface area contributed by atoms with E-state index in [9.17, 15) is 27.1 Å². The first-order valence-electron chi connectivity index (χ1n) is 17.1. The number of halogens is 2. The van der Waals surface area contributed by atoms with Gasteiger partial charge in [0.05, 0.1) is 42.8 Å². The van der Waals surface area contributed by atoms with Crippen LogP contribution in [0.2, 0.25) is 0 Å². The number of rotatable bonds is 9. The number of likely N-dealkylation sites (N-methyl/N-ethyl adjacent to an activating group) is 1. The van der Waals surface area contributed by atoms with Gasteiger partial charge in [-0.1, -0.05) is 26.2 Å². The number of carbonyl (C=O) groups is 1. The molecule has 5 rings (SSSR count). The van der Waals surface area contributed by atoms with Crippen molar-refractivity contribution in [2.45, 2.75) is 94.0 Å². The molecule has 3 aliphatic rings. The van der Waals surface area contributed by atoms with Crippen LogP contribution in [-0.2, 0) is 42.0 Å². The average molecular weight is 711 g/mol. The summed E-state index contributed by atoms with van der Waals surface area (Å²) in [6.07, 6.45) is 0.692. The van der Waals surface area contributed by atoms with Gasteiger partial charge in [-0.25, -0.2) is 22.0 Å². The number of hydrogen-bond donors (Lipinski definition) is 4. The Labute approximate surface area is 286 Å². The molecule has 272 valence electrons. The van der Waals surface area contributed by atoms with Gasteiger partial charge >= 0.3 is 6.09 Å². The number of ether oxygens (including phenoxy) is 4. The highest BCUT2D eigenvalue weighted by molar-refractivity contribution is 7.89. The minimum absolute atomic E-state index is 0.00682. The van der Waals surface area contributed by atoms with E-state index >= 15 is 0 Å². The number of nitrogens with zero attached hydrogens (tertiary/aromatic N) is 1. The Morgan fingerprint density at radius 2 is 1.84 bits per heavy atom. The van der Waals surface area contributed by atoms with Crippen LogP contribution < -0.4 is 16.4 Å². The quantitative estimate of drug-likeness (QED) is 0.284. The predicted octanol–water partition coefficient (Wildman–Crippen LogP) is 3.46. The fraction of sp³-hybridized carbons (Fsp3) is 0.618. The van der Waals surface area contributed by atoms with E-state index in [0.717, 1.165) is 43.9 Å². The summed E-state index contributed by atoms with van der Waals surface area (Å²) >= 11 is 0. The fourth-order valence-electron chi connectivity index (χ4n) is 6.83. The van der Waals surface area contributed by atoms with Crippen molar-refractivity contribution in [1.29, 1.82) is 0 Å². The van der Waals surface area contributed by atoms with Crippen molar-refractivity contribution >= 4 is 21.8 Å². The highest BCUT2D eigenvalue weighted by atomic mass is 32.2. The van der Waals surface area contributed by atoms with Gasteiger partial charge in [-0.3, -0.25) is 0 Å². The summed E-state index contributed by atoms with van der Waals surface area (Å²) in [4.78, 5) is 13.5. The Bertz CT molecular complexity index is 1500. The minimum Gasteiger partial charge on any atom is -0.446 e. The molecule has 5 N–H and O–H groups in total. The summed E-state index contributed by atoms with van der Waals surface area (Å²) in [5.41, 5.74) is 6.94. The van der Waals surface area contributed by atoms with Crippen molar-refractivity contribution in [3.05, 3.63) is 59.2 Å². The van der Waals surface area contributed by atoms with Crippen molar-refractivity contribution < 1.29 is 46.0 Å². The maximum absolute atomic E-state index is 14.2. The number of nitrogens with one attached hydrogen (secondary N) is 2. The molecule has 2 saturated heterocycles. The maximum Gasteiger partial charge on any atom is 0.407 e. The lowest BCUT2D eigenvalue weighted by atomic mass is 9.91. The van der Waals surface area contributed by atoms with E-state index in [1.165, 1.54) is 16.4 Å². The molecule has 49 heavy (non-hydrogen) atoms. The topological polar surface area (TPSA) is 162 Å². The molecule has 15 heteroatoms. The summed E-state index contributed by atoms with van der Waals surface area (Å²) < 4.78 is 81.2. The van der Waals surface area contributed by atoms with E-state index in [-0.39, 0.29) is 42.0 Å². The number of alkyl carbamates (subject to hydrolysis) is 1. The monoisotopic (exact) mass is 710 g/mol. The van der Waals surface area contributed by atoms with Crippen molar-refractivity contribution in [2.24, 2.45) is 5.92 Å². The molecule has 2 fully saturated rings. The van der Waals surface area contributed by atoms with Crippen molar-refractivity contribution in [2.75, 3.05) is 45.2 Å². The normalized spacial score (nSPS) is 26.2. The van der Waals surface area contributed by atoms with Crippen LogP contribution in [-0.4, -0.2) is 94.0 Å². The molecule has 0 unspecified atom stereocenters. The van der Waals surface area contributed by atoms with E-state index in [1.54, 1.807) is 6.07 Å². The number of β-amino-alcohol motifs (C(OH)–C–C–N with tert-alkyl or cyclic N) is 1. The second kappa shape index (κ2) is 17.3. The molecule has 1 amide bonds. The van der Waals surface area contributed by atoms with Crippen LogP contribution >= 0.6 is 0 Å². The SMILES string of the molecule is CCN[C@H]1CO[C@@H]2OCC[C@H](OC(=O)N[C@@H](Cc3cc(F)cc(F)c3)[C@H](O)CN3CCCCCCCOCc4cc(N)ccc4S3(=O)=O)[C@@H]21. The number of anilines is 1. The first-order valence-corrected chi connectivity index (χ1v) is 18.5. The van der Waals surface area contributed by atoms with E-state index in [1.807, 2.05) is 6.92 Å². The van der Waals surface area contributed by atoms with Gasteiger partial charge in [0.2, 0.25) is 10.0 Å². The number of carbonyl (C=O) groups excluding carboxylic acids is 1. The number of sulfonamides is 1. The smallest absolute Gasteiger partial charge is 0.407 e. The Morgan fingerprint density at radius 3 is 2.61 bits per heavy atom. The Kier molecular flexibility index (Phi) is 13.2. The summed E-state index contributed by atoms with van der Waals surface area (Å²) in [5, 5.41) is 17.7. The molecule has 3 aliphatic heterocycles. The zero-order chi connectivity index (χ0) is 35.0.